The molecule has 0 nitrogen and oxygen atoms in total. The average molecular weight is 356 g/mol. The molecule has 0 bridgehead atoms. The van der Waals surface area contributed by atoms with E-state index in [0.29, 0.717) is 29.7 Å². The number of hydrogen-bond acceptors (Lipinski definition) is 0. The molecule has 1 fully saturated rings. The molecule has 0 radical (unpaired) electrons. The Morgan fingerprint density at radius 2 is 1.77 bits per heavy atom. The fourth-order valence-corrected chi connectivity index (χ4v) is 4.83. The van der Waals surface area contributed by atoms with Crippen LogP contribution in [0.25, 0.3) is 11.1 Å². The molecule has 2 aromatic carbocycles. The number of halogens is 3. The maximum Gasteiger partial charge on any atom is 0.134 e. The van der Waals surface area contributed by atoms with Crippen LogP contribution in [0, 0.1) is 36.2 Å². The van der Waals surface area contributed by atoms with Gasteiger partial charge in [0.2, 0.25) is 0 Å². The normalized spacial score (nSPS) is 24.7. The van der Waals surface area contributed by atoms with Crippen LogP contribution in [-0.4, -0.2) is 0 Å². The summed E-state index contributed by atoms with van der Waals surface area (Å²) in [6.45, 7) is 5.31. The molecule has 0 amide bonds. The topological polar surface area (TPSA) is 0 Å². The summed E-state index contributed by atoms with van der Waals surface area (Å²) < 4.78 is 43.1. The van der Waals surface area contributed by atoms with E-state index >= 15 is 4.39 Å². The number of allylic oxidation sites excluding steroid dienone is 1. The molecule has 0 heterocycles. The second-order valence-corrected chi connectivity index (χ2v) is 7.77. The SMILES string of the molecule is C=CC1CCC2c3ccc(-c4cc(F)c(C)c(F)c4)c(F)c3CCC2C1. The molecule has 3 unspecified atom stereocenters. The highest BCUT2D eigenvalue weighted by molar-refractivity contribution is 5.67. The van der Waals surface area contributed by atoms with Crippen LogP contribution < -0.4 is 0 Å². The van der Waals surface area contributed by atoms with E-state index in [1.807, 2.05) is 6.07 Å². The van der Waals surface area contributed by atoms with Gasteiger partial charge >= 0.3 is 0 Å². The number of hydrogen-bond donors (Lipinski definition) is 0. The first-order valence-corrected chi connectivity index (χ1v) is 9.39. The summed E-state index contributed by atoms with van der Waals surface area (Å²) in [5.74, 6) is -0.0431. The molecule has 0 N–H and O–H groups in total. The first kappa shape index (κ1) is 17.4. The zero-order chi connectivity index (χ0) is 18.4. The van der Waals surface area contributed by atoms with E-state index in [9.17, 15) is 8.78 Å². The monoisotopic (exact) mass is 356 g/mol. The molecule has 26 heavy (non-hydrogen) atoms. The van der Waals surface area contributed by atoms with Gasteiger partial charge in [0, 0.05) is 11.1 Å². The van der Waals surface area contributed by atoms with Crippen LogP contribution >= 0.6 is 0 Å². The summed E-state index contributed by atoms with van der Waals surface area (Å²) in [6, 6.07) is 6.13. The Morgan fingerprint density at radius 3 is 2.46 bits per heavy atom. The van der Waals surface area contributed by atoms with Crippen molar-refractivity contribution in [2.75, 3.05) is 0 Å². The quantitative estimate of drug-likeness (QED) is 0.525. The highest BCUT2D eigenvalue weighted by Crippen LogP contribution is 2.48. The summed E-state index contributed by atoms with van der Waals surface area (Å²) in [6.07, 6.45) is 7.00. The van der Waals surface area contributed by atoms with Gasteiger partial charge in [0.15, 0.2) is 0 Å². The number of rotatable bonds is 2. The second-order valence-electron chi connectivity index (χ2n) is 7.77. The summed E-state index contributed by atoms with van der Waals surface area (Å²) in [4.78, 5) is 0. The fourth-order valence-electron chi connectivity index (χ4n) is 4.83. The standard InChI is InChI=1S/C23H23F3/c1-3-14-4-6-17-15(10-14)5-7-20-19(17)9-8-18(23(20)26)16-11-21(24)13(2)22(25)12-16/h3,8-9,11-12,14-15,17H,1,4-7,10H2,2H3. The zero-order valence-corrected chi connectivity index (χ0v) is 15.0. The highest BCUT2D eigenvalue weighted by atomic mass is 19.1. The van der Waals surface area contributed by atoms with Crippen molar-refractivity contribution in [3.8, 4) is 11.1 Å². The van der Waals surface area contributed by atoms with Gasteiger partial charge in [0.05, 0.1) is 0 Å². The smallest absolute Gasteiger partial charge is 0.134 e. The van der Waals surface area contributed by atoms with Crippen molar-refractivity contribution in [3.63, 3.8) is 0 Å². The third-order valence-electron chi connectivity index (χ3n) is 6.39. The van der Waals surface area contributed by atoms with Crippen molar-refractivity contribution in [2.24, 2.45) is 11.8 Å². The van der Waals surface area contributed by atoms with Crippen molar-refractivity contribution in [2.45, 2.75) is 44.9 Å². The van der Waals surface area contributed by atoms with Crippen molar-refractivity contribution < 1.29 is 13.2 Å². The van der Waals surface area contributed by atoms with E-state index in [1.54, 1.807) is 6.07 Å². The van der Waals surface area contributed by atoms with Crippen molar-refractivity contribution in [3.05, 3.63) is 71.1 Å². The van der Waals surface area contributed by atoms with E-state index in [2.05, 4.69) is 12.7 Å². The fraction of sp³-hybridized carbons (Fsp3) is 0.391. The Kier molecular flexibility index (Phi) is 4.42. The molecule has 3 atom stereocenters. The third-order valence-corrected chi connectivity index (χ3v) is 6.39. The van der Waals surface area contributed by atoms with Crippen LogP contribution in [0.15, 0.2) is 36.9 Å². The largest absolute Gasteiger partial charge is 0.207 e. The van der Waals surface area contributed by atoms with Crippen LogP contribution in [0.4, 0.5) is 13.2 Å². The minimum atomic E-state index is -0.639. The summed E-state index contributed by atoms with van der Waals surface area (Å²) >= 11 is 0. The molecule has 3 heteroatoms. The lowest BCUT2D eigenvalue weighted by Crippen LogP contribution is -2.28. The first-order chi connectivity index (χ1) is 12.5. The molecule has 1 saturated carbocycles. The lowest BCUT2D eigenvalue weighted by atomic mass is 9.65. The molecule has 4 rings (SSSR count). The Hall–Kier alpha value is -2.03. The Morgan fingerprint density at radius 1 is 1.04 bits per heavy atom. The van der Waals surface area contributed by atoms with E-state index in [4.69, 9.17) is 0 Å². The van der Waals surface area contributed by atoms with Crippen LogP contribution in [0.1, 0.15) is 48.3 Å². The van der Waals surface area contributed by atoms with E-state index < -0.39 is 11.6 Å². The average Bonchev–Trinajstić information content (AvgIpc) is 2.65. The summed E-state index contributed by atoms with van der Waals surface area (Å²) in [5, 5.41) is 0. The van der Waals surface area contributed by atoms with Crippen LogP contribution in [0.2, 0.25) is 0 Å². The predicted molar refractivity (Wildman–Crippen MR) is 98.6 cm³/mol. The van der Waals surface area contributed by atoms with E-state index in [-0.39, 0.29) is 16.9 Å². The molecule has 136 valence electrons. The maximum atomic E-state index is 15.2. The molecule has 2 aliphatic carbocycles. The van der Waals surface area contributed by atoms with Gasteiger partial charge in [0.1, 0.15) is 17.5 Å². The summed E-state index contributed by atoms with van der Waals surface area (Å²) in [7, 11) is 0. The molecule has 0 aliphatic heterocycles. The predicted octanol–water partition coefficient (Wildman–Crippen LogP) is 6.71. The second kappa shape index (κ2) is 6.61. The molecule has 2 aliphatic rings. The Labute approximate surface area is 152 Å². The maximum absolute atomic E-state index is 15.2. The van der Waals surface area contributed by atoms with Crippen molar-refractivity contribution in [1.82, 2.24) is 0 Å². The molecular weight excluding hydrogens is 333 g/mol. The van der Waals surface area contributed by atoms with Gasteiger partial charge < -0.3 is 0 Å². The van der Waals surface area contributed by atoms with Crippen LogP contribution in [-0.2, 0) is 6.42 Å². The number of benzene rings is 2. The van der Waals surface area contributed by atoms with Gasteiger partial charge in [-0.15, -0.1) is 6.58 Å². The van der Waals surface area contributed by atoms with Gasteiger partial charge in [-0.3, -0.25) is 0 Å². The lowest BCUT2D eigenvalue weighted by molar-refractivity contribution is 0.235. The van der Waals surface area contributed by atoms with Gasteiger partial charge in [0.25, 0.3) is 0 Å². The molecular formula is C23H23F3. The minimum Gasteiger partial charge on any atom is -0.207 e. The summed E-state index contributed by atoms with van der Waals surface area (Å²) in [5.41, 5.74) is 2.36. The lowest BCUT2D eigenvalue weighted by Gasteiger charge is -2.40. The van der Waals surface area contributed by atoms with Crippen molar-refractivity contribution in [1.29, 1.82) is 0 Å². The Balaban J connectivity index is 1.74. The molecule has 0 aromatic heterocycles. The highest BCUT2D eigenvalue weighted by Gasteiger charge is 2.36. The molecule has 2 aromatic rings. The van der Waals surface area contributed by atoms with Gasteiger partial charge in [-0.05, 0) is 85.6 Å². The minimum absolute atomic E-state index is 0.0334. The van der Waals surface area contributed by atoms with Crippen molar-refractivity contribution >= 4 is 0 Å². The van der Waals surface area contributed by atoms with Gasteiger partial charge in [-0.25, -0.2) is 13.2 Å². The third kappa shape index (κ3) is 2.78. The van der Waals surface area contributed by atoms with Gasteiger partial charge in [-0.2, -0.15) is 0 Å². The number of fused-ring (bicyclic) bond motifs is 3. The first-order valence-electron chi connectivity index (χ1n) is 9.39. The zero-order valence-electron chi connectivity index (χ0n) is 15.0. The molecule has 0 spiro atoms. The van der Waals surface area contributed by atoms with Gasteiger partial charge in [-0.1, -0.05) is 18.2 Å². The Bertz CT molecular complexity index is 845. The van der Waals surface area contributed by atoms with Crippen LogP contribution in [0.5, 0.6) is 0 Å². The van der Waals surface area contributed by atoms with E-state index in [1.165, 1.54) is 19.1 Å². The van der Waals surface area contributed by atoms with E-state index in [0.717, 1.165) is 36.8 Å². The molecule has 0 saturated heterocycles. The van der Waals surface area contributed by atoms with Crippen LogP contribution in [0.3, 0.4) is 0 Å².